The lowest BCUT2D eigenvalue weighted by atomic mass is 9.84. The van der Waals surface area contributed by atoms with Crippen LogP contribution in [-0.4, -0.2) is 25.8 Å². The molecule has 0 saturated carbocycles. The monoisotopic (exact) mass is 348 g/mol. The van der Waals surface area contributed by atoms with E-state index in [1.807, 2.05) is 0 Å². The first-order chi connectivity index (χ1) is 12.0. The molecule has 0 unspecified atom stereocenters. The van der Waals surface area contributed by atoms with Crippen LogP contribution in [0.2, 0.25) is 0 Å². The van der Waals surface area contributed by atoms with Gasteiger partial charge in [0.15, 0.2) is 11.6 Å². The van der Waals surface area contributed by atoms with Crippen LogP contribution in [0.4, 0.5) is 8.78 Å². The van der Waals surface area contributed by atoms with Gasteiger partial charge in [-0.3, -0.25) is 0 Å². The van der Waals surface area contributed by atoms with Gasteiger partial charge in [0.05, 0.1) is 30.8 Å². The molecular formula is C19H18F2O4. The highest BCUT2D eigenvalue weighted by atomic mass is 19.2. The average Bonchev–Trinajstić information content (AvgIpc) is 2.58. The van der Waals surface area contributed by atoms with Crippen LogP contribution in [-0.2, 0) is 4.74 Å². The molecule has 3 rings (SSSR count). The number of benzene rings is 2. The molecule has 0 amide bonds. The van der Waals surface area contributed by atoms with Crippen molar-refractivity contribution in [3.8, 4) is 11.5 Å². The summed E-state index contributed by atoms with van der Waals surface area (Å²) in [7, 11) is 0. The number of hydrogen-bond donors (Lipinski definition) is 0. The Balaban J connectivity index is 1.59. The zero-order valence-corrected chi connectivity index (χ0v) is 13.8. The summed E-state index contributed by atoms with van der Waals surface area (Å²) in [4.78, 5) is 12.0. The van der Waals surface area contributed by atoms with E-state index in [4.69, 9.17) is 14.2 Å². The van der Waals surface area contributed by atoms with Gasteiger partial charge >= 0.3 is 5.97 Å². The van der Waals surface area contributed by atoms with E-state index < -0.39 is 17.6 Å². The van der Waals surface area contributed by atoms with Crippen molar-refractivity contribution in [2.45, 2.75) is 13.3 Å². The van der Waals surface area contributed by atoms with Crippen LogP contribution in [0.1, 0.15) is 23.7 Å². The first-order valence-corrected chi connectivity index (χ1v) is 7.99. The molecule has 132 valence electrons. The van der Waals surface area contributed by atoms with Gasteiger partial charge in [-0.1, -0.05) is 6.92 Å². The maximum Gasteiger partial charge on any atom is 0.343 e. The molecule has 0 aliphatic carbocycles. The summed E-state index contributed by atoms with van der Waals surface area (Å²) in [6.07, 6.45) is 0.978. The normalized spacial score (nSPS) is 15.3. The highest BCUT2D eigenvalue weighted by molar-refractivity contribution is 5.91. The Labute approximate surface area is 144 Å². The zero-order valence-electron chi connectivity index (χ0n) is 13.8. The highest BCUT2D eigenvalue weighted by Crippen LogP contribution is 2.32. The quantitative estimate of drug-likeness (QED) is 0.585. The summed E-state index contributed by atoms with van der Waals surface area (Å²) < 4.78 is 42.1. The van der Waals surface area contributed by atoms with E-state index in [1.165, 1.54) is 6.07 Å². The van der Waals surface area contributed by atoms with E-state index in [9.17, 15) is 13.6 Å². The molecule has 6 heteroatoms. The number of rotatable bonds is 6. The summed E-state index contributed by atoms with van der Waals surface area (Å²) in [6.45, 7) is 4.05. The maximum atomic E-state index is 13.1. The van der Waals surface area contributed by atoms with Gasteiger partial charge in [0, 0.05) is 6.07 Å². The smallest absolute Gasteiger partial charge is 0.343 e. The molecule has 0 N–H and O–H groups in total. The van der Waals surface area contributed by atoms with E-state index in [-0.39, 0.29) is 16.7 Å². The van der Waals surface area contributed by atoms with Gasteiger partial charge in [0.25, 0.3) is 0 Å². The molecule has 0 aromatic heterocycles. The Morgan fingerprint density at radius 3 is 2.32 bits per heavy atom. The van der Waals surface area contributed by atoms with Crippen LogP contribution < -0.4 is 9.47 Å². The summed E-state index contributed by atoms with van der Waals surface area (Å²) >= 11 is 0. The molecular weight excluding hydrogens is 330 g/mol. The van der Waals surface area contributed by atoms with E-state index >= 15 is 0 Å². The topological polar surface area (TPSA) is 44.8 Å². The predicted molar refractivity (Wildman–Crippen MR) is 86.8 cm³/mol. The number of carbonyl (C=O) groups excluding carboxylic acids is 1. The standard InChI is InChI=1S/C19H18F2O4/c1-2-19(10-23-11-19)12-24-14-5-3-13(4-6-14)18(22)25-15-7-8-16(20)17(21)9-15/h3-9H,2,10-12H2,1H3. The lowest BCUT2D eigenvalue weighted by Gasteiger charge is -2.40. The molecule has 1 fully saturated rings. The van der Waals surface area contributed by atoms with E-state index in [0.29, 0.717) is 25.6 Å². The molecule has 1 saturated heterocycles. The van der Waals surface area contributed by atoms with Crippen molar-refractivity contribution in [2.24, 2.45) is 5.41 Å². The fraction of sp³-hybridized carbons (Fsp3) is 0.316. The molecule has 0 radical (unpaired) electrons. The molecule has 1 heterocycles. The van der Waals surface area contributed by atoms with Gasteiger partial charge in [-0.2, -0.15) is 0 Å². The fourth-order valence-corrected chi connectivity index (χ4v) is 2.41. The second kappa shape index (κ2) is 7.19. The zero-order chi connectivity index (χ0) is 17.9. The molecule has 2 aromatic rings. The van der Waals surface area contributed by atoms with Gasteiger partial charge in [-0.05, 0) is 42.8 Å². The van der Waals surface area contributed by atoms with Gasteiger partial charge in [-0.15, -0.1) is 0 Å². The lowest BCUT2D eigenvalue weighted by molar-refractivity contribution is -0.133. The number of halogens is 2. The van der Waals surface area contributed by atoms with Crippen LogP contribution in [0.15, 0.2) is 42.5 Å². The minimum atomic E-state index is -1.07. The van der Waals surface area contributed by atoms with Crippen LogP contribution >= 0.6 is 0 Å². The van der Waals surface area contributed by atoms with Crippen molar-refractivity contribution in [2.75, 3.05) is 19.8 Å². The van der Waals surface area contributed by atoms with Crippen molar-refractivity contribution in [1.82, 2.24) is 0 Å². The maximum absolute atomic E-state index is 13.1. The summed E-state index contributed by atoms with van der Waals surface area (Å²) in [6, 6.07) is 9.40. The summed E-state index contributed by atoms with van der Waals surface area (Å²) in [5.74, 6) is -2.14. The Bertz CT molecular complexity index is 749. The Hall–Kier alpha value is -2.47. The lowest BCUT2D eigenvalue weighted by Crippen LogP contribution is -2.46. The van der Waals surface area contributed by atoms with Crippen LogP contribution in [0.25, 0.3) is 0 Å². The van der Waals surface area contributed by atoms with E-state index in [2.05, 4.69) is 6.92 Å². The molecule has 2 aromatic carbocycles. The van der Waals surface area contributed by atoms with Crippen molar-refractivity contribution < 1.29 is 27.8 Å². The third kappa shape index (κ3) is 3.96. The predicted octanol–water partition coefficient (Wildman–Crippen LogP) is 3.99. The Kier molecular flexibility index (Phi) is 4.99. The van der Waals surface area contributed by atoms with E-state index in [0.717, 1.165) is 18.6 Å². The molecule has 1 aliphatic rings. The van der Waals surface area contributed by atoms with Crippen molar-refractivity contribution in [3.05, 3.63) is 59.7 Å². The molecule has 25 heavy (non-hydrogen) atoms. The summed E-state index contributed by atoms with van der Waals surface area (Å²) in [5, 5.41) is 0. The fourth-order valence-electron chi connectivity index (χ4n) is 2.41. The molecule has 1 aliphatic heterocycles. The van der Waals surface area contributed by atoms with Crippen LogP contribution in [0.3, 0.4) is 0 Å². The van der Waals surface area contributed by atoms with Crippen molar-refractivity contribution in [3.63, 3.8) is 0 Å². The van der Waals surface area contributed by atoms with Crippen LogP contribution in [0.5, 0.6) is 11.5 Å². The number of hydrogen-bond acceptors (Lipinski definition) is 4. The number of ether oxygens (including phenoxy) is 3. The largest absolute Gasteiger partial charge is 0.493 e. The molecule has 0 bridgehead atoms. The third-order valence-electron chi connectivity index (χ3n) is 4.30. The summed E-state index contributed by atoms with van der Waals surface area (Å²) in [5.41, 5.74) is 0.360. The number of esters is 1. The number of carbonyl (C=O) groups is 1. The first-order valence-electron chi connectivity index (χ1n) is 7.99. The van der Waals surface area contributed by atoms with Gasteiger partial charge < -0.3 is 14.2 Å². The molecule has 0 spiro atoms. The third-order valence-corrected chi connectivity index (χ3v) is 4.30. The van der Waals surface area contributed by atoms with E-state index in [1.54, 1.807) is 24.3 Å². The van der Waals surface area contributed by atoms with Crippen LogP contribution in [0, 0.1) is 17.0 Å². The minimum absolute atomic E-state index is 0.0564. The van der Waals surface area contributed by atoms with Gasteiger partial charge in [-0.25, -0.2) is 13.6 Å². The minimum Gasteiger partial charge on any atom is -0.493 e. The molecule has 4 nitrogen and oxygen atoms in total. The average molecular weight is 348 g/mol. The highest BCUT2D eigenvalue weighted by Gasteiger charge is 2.37. The second-order valence-electron chi connectivity index (χ2n) is 6.12. The van der Waals surface area contributed by atoms with Crippen molar-refractivity contribution in [1.29, 1.82) is 0 Å². The first kappa shape index (κ1) is 17.4. The SMILES string of the molecule is CCC1(COc2ccc(C(=O)Oc3ccc(F)c(F)c3)cc2)COC1. The van der Waals surface area contributed by atoms with Gasteiger partial charge in [0.2, 0.25) is 0 Å². The Morgan fingerprint density at radius 1 is 1.08 bits per heavy atom. The van der Waals surface area contributed by atoms with Gasteiger partial charge in [0.1, 0.15) is 11.5 Å². The second-order valence-corrected chi connectivity index (χ2v) is 6.12. The van der Waals surface area contributed by atoms with Crippen molar-refractivity contribution >= 4 is 5.97 Å². The molecule has 0 atom stereocenters. The Morgan fingerprint density at radius 2 is 1.76 bits per heavy atom.